The van der Waals surface area contributed by atoms with Crippen molar-refractivity contribution >= 4 is 17.8 Å². The second-order valence-corrected chi connectivity index (χ2v) is 6.54. The number of fused-ring (bicyclic) bond motifs is 1. The van der Waals surface area contributed by atoms with E-state index in [0.29, 0.717) is 25.2 Å². The second kappa shape index (κ2) is 6.24. The Bertz CT molecular complexity index is 688. The molecule has 0 aliphatic carbocycles. The molecule has 7 heteroatoms. The average molecular weight is 330 g/mol. The highest BCUT2D eigenvalue weighted by Gasteiger charge is 2.46. The van der Waals surface area contributed by atoms with Crippen molar-refractivity contribution < 1.29 is 14.4 Å². The van der Waals surface area contributed by atoms with E-state index in [4.69, 9.17) is 0 Å². The lowest BCUT2D eigenvalue weighted by molar-refractivity contribution is -0.128. The quantitative estimate of drug-likeness (QED) is 0.756. The van der Waals surface area contributed by atoms with E-state index in [1.54, 1.807) is 9.80 Å². The molecule has 2 fully saturated rings. The summed E-state index contributed by atoms with van der Waals surface area (Å²) < 4.78 is 0. The molecule has 2 heterocycles. The summed E-state index contributed by atoms with van der Waals surface area (Å²) in [6.45, 7) is 1.76. The summed E-state index contributed by atoms with van der Waals surface area (Å²) in [7, 11) is 5.40. The Morgan fingerprint density at radius 1 is 1.21 bits per heavy atom. The molecular formula is C17H22N4O3. The maximum atomic E-state index is 12.9. The Hall–Kier alpha value is -2.41. The van der Waals surface area contributed by atoms with Crippen molar-refractivity contribution in [2.45, 2.75) is 12.6 Å². The molecule has 0 saturated carbocycles. The molecule has 128 valence electrons. The van der Waals surface area contributed by atoms with Gasteiger partial charge in [0, 0.05) is 32.2 Å². The topological polar surface area (TPSA) is 64.2 Å². The Morgan fingerprint density at radius 3 is 2.62 bits per heavy atom. The number of urea groups is 1. The minimum Gasteiger partial charge on any atom is -0.334 e. The van der Waals surface area contributed by atoms with Crippen LogP contribution >= 0.6 is 0 Å². The Kier molecular flexibility index (Phi) is 4.28. The van der Waals surface area contributed by atoms with Crippen molar-refractivity contribution in [2.24, 2.45) is 0 Å². The van der Waals surface area contributed by atoms with Gasteiger partial charge in [0.2, 0.25) is 0 Å². The SMILES string of the molecule is CN(C)Cc1ccccc1C(=O)N1CCN2C(=O)N(C)C(=O)C2C1. The predicted molar refractivity (Wildman–Crippen MR) is 88.4 cm³/mol. The van der Waals surface area contributed by atoms with Gasteiger partial charge in [-0.25, -0.2) is 4.79 Å². The van der Waals surface area contributed by atoms with E-state index >= 15 is 0 Å². The van der Waals surface area contributed by atoms with Crippen LogP contribution in [0, 0.1) is 0 Å². The molecule has 2 aliphatic rings. The maximum absolute atomic E-state index is 12.9. The lowest BCUT2D eigenvalue weighted by Crippen LogP contribution is -2.54. The lowest BCUT2D eigenvalue weighted by atomic mass is 10.0. The number of carbonyl (C=O) groups excluding carboxylic acids is 3. The number of piperazine rings is 1. The minimum atomic E-state index is -0.554. The van der Waals surface area contributed by atoms with Gasteiger partial charge < -0.3 is 14.7 Å². The first-order valence-electron chi connectivity index (χ1n) is 8.00. The van der Waals surface area contributed by atoms with Crippen LogP contribution in [0.15, 0.2) is 24.3 Å². The number of carbonyl (C=O) groups is 3. The van der Waals surface area contributed by atoms with E-state index in [-0.39, 0.29) is 24.4 Å². The minimum absolute atomic E-state index is 0.0816. The highest BCUT2D eigenvalue weighted by atomic mass is 16.2. The van der Waals surface area contributed by atoms with Crippen molar-refractivity contribution in [2.75, 3.05) is 40.8 Å². The first-order valence-corrected chi connectivity index (χ1v) is 8.00. The summed E-state index contributed by atoms with van der Waals surface area (Å²) in [5, 5.41) is 0. The van der Waals surface area contributed by atoms with Gasteiger partial charge in [-0.15, -0.1) is 0 Å². The molecular weight excluding hydrogens is 308 g/mol. The summed E-state index contributed by atoms with van der Waals surface area (Å²) in [4.78, 5) is 43.5. The molecule has 24 heavy (non-hydrogen) atoms. The van der Waals surface area contributed by atoms with Gasteiger partial charge in [-0.3, -0.25) is 14.5 Å². The first kappa shape index (κ1) is 16.4. The van der Waals surface area contributed by atoms with Crippen LogP contribution in [0.5, 0.6) is 0 Å². The van der Waals surface area contributed by atoms with Gasteiger partial charge in [-0.2, -0.15) is 0 Å². The largest absolute Gasteiger partial charge is 0.334 e. The third kappa shape index (κ3) is 2.75. The van der Waals surface area contributed by atoms with E-state index < -0.39 is 6.04 Å². The molecule has 0 spiro atoms. The van der Waals surface area contributed by atoms with Gasteiger partial charge in [0.1, 0.15) is 6.04 Å². The second-order valence-electron chi connectivity index (χ2n) is 6.54. The standard InChI is InChI=1S/C17H22N4O3/c1-18(2)10-12-6-4-5-7-13(12)15(22)20-8-9-21-14(11-20)16(23)19(3)17(21)24/h4-7,14H,8-11H2,1-3H3. The number of hydrogen-bond acceptors (Lipinski definition) is 4. The van der Waals surface area contributed by atoms with Crippen molar-refractivity contribution in [1.29, 1.82) is 0 Å². The van der Waals surface area contributed by atoms with Crippen molar-refractivity contribution in [3.05, 3.63) is 35.4 Å². The molecule has 0 N–H and O–H groups in total. The molecule has 0 bridgehead atoms. The first-order chi connectivity index (χ1) is 11.4. The van der Waals surface area contributed by atoms with E-state index in [1.165, 1.54) is 7.05 Å². The summed E-state index contributed by atoms with van der Waals surface area (Å²) in [6.07, 6.45) is 0. The lowest BCUT2D eigenvalue weighted by Gasteiger charge is -2.35. The fourth-order valence-corrected chi connectivity index (χ4v) is 3.30. The summed E-state index contributed by atoms with van der Waals surface area (Å²) in [5.74, 6) is -0.319. The molecule has 4 amide bonds. The molecule has 2 saturated heterocycles. The van der Waals surface area contributed by atoms with Gasteiger partial charge in [0.05, 0.1) is 6.54 Å². The third-order valence-corrected chi connectivity index (χ3v) is 4.55. The van der Waals surface area contributed by atoms with Crippen LogP contribution in [0.1, 0.15) is 15.9 Å². The van der Waals surface area contributed by atoms with Crippen molar-refractivity contribution in [3.8, 4) is 0 Å². The van der Waals surface area contributed by atoms with Crippen LogP contribution in [0.25, 0.3) is 0 Å². The maximum Gasteiger partial charge on any atom is 0.327 e. The molecule has 0 radical (unpaired) electrons. The fourth-order valence-electron chi connectivity index (χ4n) is 3.30. The molecule has 1 aromatic carbocycles. The van der Waals surface area contributed by atoms with Gasteiger partial charge in [0.25, 0.3) is 11.8 Å². The zero-order chi connectivity index (χ0) is 17.4. The van der Waals surface area contributed by atoms with E-state index in [1.807, 2.05) is 43.3 Å². The number of imide groups is 1. The molecule has 7 nitrogen and oxygen atoms in total. The summed E-state index contributed by atoms with van der Waals surface area (Å²) in [6, 6.07) is 6.71. The van der Waals surface area contributed by atoms with Gasteiger partial charge in [-0.05, 0) is 25.7 Å². The Labute approximate surface area is 141 Å². The van der Waals surface area contributed by atoms with Gasteiger partial charge in [-0.1, -0.05) is 18.2 Å². The molecule has 0 aromatic heterocycles. The van der Waals surface area contributed by atoms with Gasteiger partial charge >= 0.3 is 6.03 Å². The van der Waals surface area contributed by atoms with Crippen LogP contribution in [-0.2, 0) is 11.3 Å². The zero-order valence-corrected chi connectivity index (χ0v) is 14.2. The highest BCUT2D eigenvalue weighted by molar-refractivity contribution is 6.05. The predicted octanol–water partition coefficient (Wildman–Crippen LogP) is 0.467. The van der Waals surface area contributed by atoms with E-state index in [9.17, 15) is 14.4 Å². The number of nitrogens with zero attached hydrogens (tertiary/aromatic N) is 4. The van der Waals surface area contributed by atoms with Crippen LogP contribution in [0.4, 0.5) is 4.79 Å². The smallest absolute Gasteiger partial charge is 0.327 e. The Balaban J connectivity index is 1.80. The number of likely N-dealkylation sites (N-methyl/N-ethyl adjacent to an activating group) is 1. The summed E-state index contributed by atoms with van der Waals surface area (Å²) in [5.41, 5.74) is 1.62. The molecule has 1 aromatic rings. The fraction of sp³-hybridized carbons (Fsp3) is 0.471. The normalized spacial score (nSPS) is 20.8. The monoisotopic (exact) mass is 330 g/mol. The van der Waals surface area contributed by atoms with E-state index in [2.05, 4.69) is 0 Å². The van der Waals surface area contributed by atoms with E-state index in [0.717, 1.165) is 10.5 Å². The van der Waals surface area contributed by atoms with Gasteiger partial charge in [0.15, 0.2) is 0 Å². The van der Waals surface area contributed by atoms with Crippen LogP contribution in [0.2, 0.25) is 0 Å². The van der Waals surface area contributed by atoms with Crippen molar-refractivity contribution in [1.82, 2.24) is 19.6 Å². The molecule has 1 unspecified atom stereocenters. The highest BCUT2D eigenvalue weighted by Crippen LogP contribution is 2.23. The van der Waals surface area contributed by atoms with Crippen LogP contribution < -0.4 is 0 Å². The van der Waals surface area contributed by atoms with Crippen LogP contribution in [-0.4, -0.2) is 84.3 Å². The average Bonchev–Trinajstić information content (AvgIpc) is 2.78. The molecule has 1 atom stereocenters. The number of hydrogen-bond donors (Lipinski definition) is 0. The third-order valence-electron chi connectivity index (χ3n) is 4.55. The number of rotatable bonds is 3. The van der Waals surface area contributed by atoms with Crippen molar-refractivity contribution in [3.63, 3.8) is 0 Å². The molecule has 2 aliphatic heterocycles. The summed E-state index contributed by atoms with van der Waals surface area (Å²) >= 11 is 0. The number of benzene rings is 1. The zero-order valence-electron chi connectivity index (χ0n) is 14.2. The van der Waals surface area contributed by atoms with Crippen LogP contribution in [0.3, 0.4) is 0 Å². The number of amides is 4. The molecule has 3 rings (SSSR count). The Morgan fingerprint density at radius 2 is 1.92 bits per heavy atom.